The molecule has 0 aliphatic carbocycles. The van der Waals surface area contributed by atoms with Gasteiger partial charge in [-0.1, -0.05) is 16.9 Å². The zero-order chi connectivity index (χ0) is 10.8. The normalized spacial score (nSPS) is 16.3. The Bertz CT molecular complexity index is 395. The summed E-state index contributed by atoms with van der Waals surface area (Å²) >= 11 is 4.17. The van der Waals surface area contributed by atoms with Gasteiger partial charge >= 0.3 is 0 Å². The number of carbonyl (C=O) groups excluding carboxylic acids is 1. The molecule has 1 aliphatic rings. The molecule has 15 heavy (non-hydrogen) atoms. The second kappa shape index (κ2) is 4.37. The molecule has 1 atom stereocenters. The van der Waals surface area contributed by atoms with E-state index in [1.54, 1.807) is 0 Å². The Balaban J connectivity index is 2.30. The maximum atomic E-state index is 11.0. The average molecular weight is 241 g/mol. The highest BCUT2D eigenvalue weighted by Crippen LogP contribution is 2.36. The van der Waals surface area contributed by atoms with E-state index < -0.39 is 0 Å². The Hall–Kier alpha value is -0.810. The van der Waals surface area contributed by atoms with Crippen LogP contribution in [0.5, 0.6) is 5.75 Å². The van der Waals surface area contributed by atoms with E-state index in [2.05, 4.69) is 23.9 Å². The van der Waals surface area contributed by atoms with Crippen LogP contribution in [0.2, 0.25) is 0 Å². The molecule has 1 aliphatic heterocycles. The minimum absolute atomic E-state index is 0.0961. The fraction of sp³-hybridized carbons (Fsp3) is 0.300. The molecular weight excluding hydrogens is 230 g/mol. The van der Waals surface area contributed by atoms with Crippen molar-refractivity contribution in [2.24, 2.45) is 0 Å². The van der Waals surface area contributed by atoms with E-state index in [1.165, 1.54) is 10.8 Å². The molecule has 1 amide bonds. The van der Waals surface area contributed by atoms with Crippen LogP contribution in [0.25, 0.3) is 0 Å². The van der Waals surface area contributed by atoms with Crippen molar-refractivity contribution in [2.75, 3.05) is 11.9 Å². The first-order chi connectivity index (χ1) is 7.20. The van der Waals surface area contributed by atoms with Gasteiger partial charge in [0.15, 0.2) is 6.61 Å². The minimum atomic E-state index is -0.105. The van der Waals surface area contributed by atoms with Gasteiger partial charge in [-0.15, -0.1) is 11.7 Å². The zero-order valence-corrected chi connectivity index (χ0v) is 9.90. The number of ether oxygens (including phenoxy) is 1. The quantitative estimate of drug-likeness (QED) is 0.617. The van der Waals surface area contributed by atoms with Crippen molar-refractivity contribution in [3.05, 3.63) is 23.8 Å². The van der Waals surface area contributed by atoms with Gasteiger partial charge in [0, 0.05) is 5.25 Å². The van der Waals surface area contributed by atoms with Gasteiger partial charge in [0.05, 0.1) is 5.69 Å². The molecule has 80 valence electrons. The Labute approximate surface area is 97.4 Å². The zero-order valence-electron chi connectivity index (χ0n) is 8.19. The number of hydrogen-bond acceptors (Lipinski definition) is 4. The molecule has 1 unspecified atom stereocenters. The molecule has 2 rings (SSSR count). The molecule has 1 heterocycles. The van der Waals surface area contributed by atoms with E-state index in [0.717, 1.165) is 17.0 Å². The molecule has 0 radical (unpaired) electrons. The van der Waals surface area contributed by atoms with Gasteiger partial charge in [-0.25, -0.2) is 0 Å². The number of fused-ring (bicyclic) bond motifs is 1. The van der Waals surface area contributed by atoms with E-state index >= 15 is 0 Å². The van der Waals surface area contributed by atoms with Crippen molar-refractivity contribution >= 4 is 34.0 Å². The van der Waals surface area contributed by atoms with Crippen LogP contribution in [0, 0.1) is 0 Å². The highest BCUT2D eigenvalue weighted by Gasteiger charge is 2.17. The van der Waals surface area contributed by atoms with Gasteiger partial charge in [-0.2, -0.15) is 0 Å². The van der Waals surface area contributed by atoms with Crippen LogP contribution in [0.1, 0.15) is 17.7 Å². The van der Waals surface area contributed by atoms with Crippen LogP contribution in [0.3, 0.4) is 0 Å². The van der Waals surface area contributed by atoms with Crippen LogP contribution in [-0.4, -0.2) is 12.5 Å². The third-order valence-electron chi connectivity index (χ3n) is 2.27. The van der Waals surface area contributed by atoms with Crippen LogP contribution in [-0.2, 0) is 4.79 Å². The lowest BCUT2D eigenvalue weighted by atomic mass is 10.1. The summed E-state index contributed by atoms with van der Waals surface area (Å²) in [6.45, 7) is 2.17. The maximum absolute atomic E-state index is 11.0. The van der Waals surface area contributed by atoms with Gasteiger partial charge in [-0.3, -0.25) is 4.79 Å². The van der Waals surface area contributed by atoms with Crippen molar-refractivity contribution in [3.63, 3.8) is 0 Å². The number of rotatable bonds is 2. The Kier molecular flexibility index (Phi) is 3.11. The molecular formula is C10H11NO2S2. The molecule has 0 saturated carbocycles. The second-order valence-electron chi connectivity index (χ2n) is 3.34. The second-order valence-corrected chi connectivity index (χ2v) is 4.89. The molecule has 5 heteroatoms. The molecule has 1 aromatic carbocycles. The average Bonchev–Trinajstić information content (AvgIpc) is 2.27. The number of thiol groups is 1. The molecule has 1 N–H and O–H groups in total. The topological polar surface area (TPSA) is 38.3 Å². The molecule has 0 bridgehead atoms. The smallest absolute Gasteiger partial charge is 0.262 e. The van der Waals surface area contributed by atoms with Gasteiger partial charge in [0.2, 0.25) is 0 Å². The highest BCUT2D eigenvalue weighted by molar-refractivity contribution is 8.68. The van der Waals surface area contributed by atoms with Gasteiger partial charge in [-0.05, 0) is 24.6 Å². The summed E-state index contributed by atoms with van der Waals surface area (Å²) in [4.78, 5) is 11.0. The molecule has 0 fully saturated rings. The SMILES string of the molecule is CC(SS)c1ccc2c(c1)OCC(=O)N2. The number of anilines is 1. The number of benzene rings is 1. The van der Waals surface area contributed by atoms with Crippen LogP contribution in [0.4, 0.5) is 5.69 Å². The van der Waals surface area contributed by atoms with Crippen LogP contribution in [0.15, 0.2) is 18.2 Å². The number of carbonyl (C=O) groups is 1. The number of hydrogen-bond donors (Lipinski definition) is 2. The van der Waals surface area contributed by atoms with Crippen molar-refractivity contribution in [3.8, 4) is 5.75 Å². The lowest BCUT2D eigenvalue weighted by molar-refractivity contribution is -0.118. The predicted octanol–water partition coefficient (Wildman–Crippen LogP) is 2.66. The largest absolute Gasteiger partial charge is 0.482 e. The third-order valence-corrected chi connectivity index (χ3v) is 3.80. The van der Waals surface area contributed by atoms with Crippen molar-refractivity contribution in [2.45, 2.75) is 12.2 Å². The van der Waals surface area contributed by atoms with E-state index in [-0.39, 0.29) is 12.5 Å². The fourth-order valence-corrected chi connectivity index (χ4v) is 2.04. The molecule has 0 aromatic heterocycles. The monoisotopic (exact) mass is 241 g/mol. The predicted molar refractivity (Wildman–Crippen MR) is 65.6 cm³/mol. The van der Waals surface area contributed by atoms with Gasteiger partial charge in [0.25, 0.3) is 5.91 Å². The Morgan fingerprint density at radius 3 is 3.13 bits per heavy atom. The summed E-state index contributed by atoms with van der Waals surface area (Å²) in [6.07, 6.45) is 0. The standard InChI is InChI=1S/C10H11NO2S2/c1-6(15-14)7-2-3-8-9(4-7)13-5-10(12)11-8/h2-4,6,14H,5H2,1H3,(H,11,12). The summed E-state index contributed by atoms with van der Waals surface area (Å²) in [5.41, 5.74) is 1.89. The summed E-state index contributed by atoms with van der Waals surface area (Å²) in [5, 5.41) is 3.06. The van der Waals surface area contributed by atoms with E-state index in [4.69, 9.17) is 4.74 Å². The minimum Gasteiger partial charge on any atom is -0.482 e. The van der Waals surface area contributed by atoms with E-state index in [1.807, 2.05) is 18.2 Å². The van der Waals surface area contributed by atoms with Crippen molar-refractivity contribution < 1.29 is 9.53 Å². The summed E-state index contributed by atoms with van der Waals surface area (Å²) in [7, 11) is 1.48. The Morgan fingerprint density at radius 1 is 1.60 bits per heavy atom. The number of amides is 1. The maximum Gasteiger partial charge on any atom is 0.262 e. The lowest BCUT2D eigenvalue weighted by Crippen LogP contribution is -2.25. The van der Waals surface area contributed by atoms with E-state index in [9.17, 15) is 4.79 Å². The third kappa shape index (κ3) is 2.23. The first kappa shape index (κ1) is 10.7. The Morgan fingerprint density at radius 2 is 2.40 bits per heavy atom. The first-order valence-corrected chi connectivity index (χ1v) is 6.50. The molecule has 3 nitrogen and oxygen atoms in total. The van der Waals surface area contributed by atoms with Crippen LogP contribution < -0.4 is 10.1 Å². The fourth-order valence-electron chi connectivity index (χ4n) is 1.40. The summed E-state index contributed by atoms with van der Waals surface area (Å²) in [5.74, 6) is 0.633. The highest BCUT2D eigenvalue weighted by atomic mass is 33.1. The molecule has 1 aromatic rings. The van der Waals surface area contributed by atoms with E-state index in [0.29, 0.717) is 5.25 Å². The number of nitrogens with one attached hydrogen (secondary N) is 1. The van der Waals surface area contributed by atoms with Gasteiger partial charge in [0.1, 0.15) is 5.75 Å². The summed E-state index contributed by atoms with van der Waals surface area (Å²) < 4.78 is 5.32. The molecule has 0 spiro atoms. The van der Waals surface area contributed by atoms with Crippen molar-refractivity contribution in [1.29, 1.82) is 0 Å². The summed E-state index contributed by atoms with van der Waals surface area (Å²) in [6, 6.07) is 5.78. The first-order valence-electron chi connectivity index (χ1n) is 4.57. The van der Waals surface area contributed by atoms with Crippen LogP contribution >= 0.6 is 22.5 Å². The lowest BCUT2D eigenvalue weighted by Gasteiger charge is -2.19. The molecule has 0 saturated heterocycles. The van der Waals surface area contributed by atoms with Gasteiger partial charge < -0.3 is 10.1 Å². The van der Waals surface area contributed by atoms with Crippen molar-refractivity contribution in [1.82, 2.24) is 0 Å².